The molecule has 0 aliphatic carbocycles. The summed E-state index contributed by atoms with van der Waals surface area (Å²) in [6.07, 6.45) is 3.84. The van der Waals surface area contributed by atoms with Crippen LogP contribution in [0.4, 0.5) is 5.82 Å². The van der Waals surface area contributed by atoms with Crippen molar-refractivity contribution in [2.45, 2.75) is 19.8 Å². The molecule has 0 radical (unpaired) electrons. The minimum atomic E-state index is 0.468. The van der Waals surface area contributed by atoms with Crippen LogP contribution in [0.15, 0.2) is 30.5 Å². The summed E-state index contributed by atoms with van der Waals surface area (Å²) in [6, 6.07) is 8.15. The maximum absolute atomic E-state index is 5.88. The fourth-order valence-electron chi connectivity index (χ4n) is 2.76. The van der Waals surface area contributed by atoms with Crippen LogP contribution in [0.5, 0.6) is 11.5 Å². The third-order valence-corrected chi connectivity index (χ3v) is 3.96. The monoisotopic (exact) mass is 284 g/mol. The number of nitrogens with zero attached hydrogens (tertiary/aromatic N) is 1. The van der Waals surface area contributed by atoms with Gasteiger partial charge in [-0.1, -0.05) is 12.1 Å². The van der Waals surface area contributed by atoms with Gasteiger partial charge in [0.15, 0.2) is 0 Å². The molecule has 21 heavy (non-hydrogen) atoms. The van der Waals surface area contributed by atoms with Crippen molar-refractivity contribution >= 4 is 5.82 Å². The van der Waals surface area contributed by atoms with Crippen molar-refractivity contribution in [3.05, 3.63) is 47.2 Å². The predicted molar refractivity (Wildman–Crippen MR) is 82.8 cm³/mol. The molecular weight excluding hydrogens is 264 g/mol. The third-order valence-electron chi connectivity index (χ3n) is 3.96. The number of anilines is 1. The summed E-state index contributed by atoms with van der Waals surface area (Å²) < 4.78 is 11.1. The number of nitrogen functional groups attached to an aromatic ring is 1. The van der Waals surface area contributed by atoms with Crippen molar-refractivity contribution in [3.63, 3.8) is 0 Å². The van der Waals surface area contributed by atoms with Gasteiger partial charge in [-0.2, -0.15) is 0 Å². The molecule has 110 valence electrons. The highest BCUT2D eigenvalue weighted by atomic mass is 16.5. The summed E-state index contributed by atoms with van der Waals surface area (Å²) >= 11 is 0. The van der Waals surface area contributed by atoms with E-state index in [2.05, 4.69) is 17.1 Å². The number of rotatable bonds is 3. The largest absolute Gasteiger partial charge is 0.497 e. The van der Waals surface area contributed by atoms with Crippen LogP contribution in [-0.4, -0.2) is 18.7 Å². The first-order valence-corrected chi connectivity index (χ1v) is 7.16. The van der Waals surface area contributed by atoms with E-state index >= 15 is 0 Å². The molecule has 0 amide bonds. The van der Waals surface area contributed by atoms with Gasteiger partial charge in [0, 0.05) is 18.2 Å². The van der Waals surface area contributed by atoms with E-state index in [4.69, 9.17) is 15.2 Å². The number of hydrogen-bond acceptors (Lipinski definition) is 4. The number of methoxy groups -OCH3 is 1. The topological polar surface area (TPSA) is 57.4 Å². The SMILES string of the molecule is COc1ccc2c(c1)OC[C@@H](Cc1cnc(N)c(C)c1)C2. The number of fused-ring (bicyclic) bond motifs is 1. The van der Waals surface area contributed by atoms with Crippen LogP contribution in [0.3, 0.4) is 0 Å². The van der Waals surface area contributed by atoms with Crippen molar-refractivity contribution in [1.29, 1.82) is 0 Å². The van der Waals surface area contributed by atoms with Crippen molar-refractivity contribution < 1.29 is 9.47 Å². The molecule has 1 aromatic carbocycles. The van der Waals surface area contributed by atoms with E-state index < -0.39 is 0 Å². The van der Waals surface area contributed by atoms with E-state index in [1.54, 1.807) is 7.11 Å². The summed E-state index contributed by atoms with van der Waals surface area (Å²) in [5, 5.41) is 0. The zero-order valence-electron chi connectivity index (χ0n) is 12.4. The molecule has 2 heterocycles. The van der Waals surface area contributed by atoms with Crippen LogP contribution < -0.4 is 15.2 Å². The lowest BCUT2D eigenvalue weighted by Gasteiger charge is -2.25. The molecule has 4 nitrogen and oxygen atoms in total. The Morgan fingerprint density at radius 1 is 1.38 bits per heavy atom. The highest BCUT2D eigenvalue weighted by Gasteiger charge is 2.21. The summed E-state index contributed by atoms with van der Waals surface area (Å²) in [6.45, 7) is 2.72. The van der Waals surface area contributed by atoms with Gasteiger partial charge >= 0.3 is 0 Å². The Morgan fingerprint density at radius 3 is 3.00 bits per heavy atom. The summed E-state index contributed by atoms with van der Waals surface area (Å²) in [7, 11) is 1.67. The maximum atomic E-state index is 5.88. The van der Waals surface area contributed by atoms with Gasteiger partial charge in [-0.15, -0.1) is 0 Å². The molecule has 0 fully saturated rings. The van der Waals surface area contributed by atoms with Crippen LogP contribution >= 0.6 is 0 Å². The lowest BCUT2D eigenvalue weighted by molar-refractivity contribution is 0.220. The number of hydrogen-bond donors (Lipinski definition) is 1. The Kier molecular flexibility index (Phi) is 3.69. The average molecular weight is 284 g/mol. The summed E-state index contributed by atoms with van der Waals surface area (Å²) in [5.74, 6) is 2.86. The maximum Gasteiger partial charge on any atom is 0.126 e. The van der Waals surface area contributed by atoms with Crippen molar-refractivity contribution in [3.8, 4) is 11.5 Å². The van der Waals surface area contributed by atoms with Crippen LogP contribution in [0.2, 0.25) is 0 Å². The first-order valence-electron chi connectivity index (χ1n) is 7.16. The quantitative estimate of drug-likeness (QED) is 0.941. The second-order valence-corrected chi connectivity index (χ2v) is 5.60. The first kappa shape index (κ1) is 13.7. The normalized spacial score (nSPS) is 17.0. The third kappa shape index (κ3) is 2.94. The van der Waals surface area contributed by atoms with Gasteiger partial charge in [0.2, 0.25) is 0 Å². The molecule has 0 spiro atoms. The number of nitrogens with two attached hydrogens (primary N) is 1. The van der Waals surface area contributed by atoms with Gasteiger partial charge < -0.3 is 15.2 Å². The molecule has 1 aromatic heterocycles. The lowest BCUT2D eigenvalue weighted by atomic mass is 9.91. The fourth-order valence-corrected chi connectivity index (χ4v) is 2.76. The molecule has 2 aromatic rings. The Balaban J connectivity index is 1.72. The van der Waals surface area contributed by atoms with Crippen molar-refractivity contribution in [2.75, 3.05) is 19.5 Å². The minimum Gasteiger partial charge on any atom is -0.497 e. The van der Waals surface area contributed by atoms with Crippen molar-refractivity contribution in [1.82, 2.24) is 4.98 Å². The van der Waals surface area contributed by atoms with E-state index in [1.165, 1.54) is 11.1 Å². The predicted octanol–water partition coefficient (Wildman–Crippen LogP) is 2.77. The highest BCUT2D eigenvalue weighted by Crippen LogP contribution is 2.32. The Labute approximate surface area is 124 Å². The van der Waals surface area contributed by atoms with E-state index in [0.717, 1.165) is 36.5 Å². The van der Waals surface area contributed by atoms with Gasteiger partial charge in [0.25, 0.3) is 0 Å². The van der Waals surface area contributed by atoms with Crippen LogP contribution in [0, 0.1) is 12.8 Å². The van der Waals surface area contributed by atoms with E-state index in [9.17, 15) is 0 Å². The standard InChI is InChI=1S/C17H20N2O2/c1-11-5-12(9-19-17(11)18)6-13-7-14-3-4-15(20-2)8-16(14)21-10-13/h3-5,8-9,13H,6-7,10H2,1-2H3,(H2,18,19)/t13-/m0/s1. The molecule has 3 rings (SSSR count). The molecule has 1 aliphatic heterocycles. The molecule has 1 atom stereocenters. The zero-order valence-corrected chi connectivity index (χ0v) is 12.4. The molecule has 0 saturated heterocycles. The number of benzene rings is 1. The molecule has 0 saturated carbocycles. The zero-order chi connectivity index (χ0) is 14.8. The minimum absolute atomic E-state index is 0.468. The summed E-state index contributed by atoms with van der Waals surface area (Å²) in [5.41, 5.74) is 9.26. The first-order chi connectivity index (χ1) is 10.2. The van der Waals surface area contributed by atoms with Crippen LogP contribution in [0.25, 0.3) is 0 Å². The number of ether oxygens (including phenoxy) is 2. The van der Waals surface area contributed by atoms with E-state index in [1.807, 2.05) is 25.3 Å². The average Bonchev–Trinajstić information content (AvgIpc) is 2.50. The van der Waals surface area contributed by atoms with E-state index in [-0.39, 0.29) is 0 Å². The van der Waals surface area contributed by atoms with Crippen LogP contribution in [0.1, 0.15) is 16.7 Å². The Bertz CT molecular complexity index is 655. The van der Waals surface area contributed by atoms with Crippen molar-refractivity contribution in [2.24, 2.45) is 5.92 Å². The second-order valence-electron chi connectivity index (χ2n) is 5.60. The Hall–Kier alpha value is -2.23. The Morgan fingerprint density at radius 2 is 2.24 bits per heavy atom. The lowest BCUT2D eigenvalue weighted by Crippen LogP contribution is -2.23. The smallest absolute Gasteiger partial charge is 0.126 e. The molecule has 1 aliphatic rings. The van der Waals surface area contributed by atoms with Gasteiger partial charge in [-0.05, 0) is 42.5 Å². The molecule has 2 N–H and O–H groups in total. The van der Waals surface area contributed by atoms with Gasteiger partial charge in [0.1, 0.15) is 17.3 Å². The molecule has 4 heteroatoms. The fraction of sp³-hybridized carbons (Fsp3) is 0.353. The van der Waals surface area contributed by atoms with Gasteiger partial charge in [-0.25, -0.2) is 4.98 Å². The molecular formula is C17H20N2O2. The second kappa shape index (κ2) is 5.64. The number of aryl methyl sites for hydroxylation is 1. The van der Waals surface area contributed by atoms with Gasteiger partial charge in [-0.3, -0.25) is 0 Å². The van der Waals surface area contributed by atoms with Gasteiger partial charge in [0.05, 0.1) is 13.7 Å². The number of aromatic nitrogens is 1. The highest BCUT2D eigenvalue weighted by molar-refractivity contribution is 5.43. The molecule has 0 bridgehead atoms. The van der Waals surface area contributed by atoms with Crippen LogP contribution in [-0.2, 0) is 12.8 Å². The number of pyridine rings is 1. The van der Waals surface area contributed by atoms with E-state index in [0.29, 0.717) is 11.7 Å². The molecule has 0 unspecified atom stereocenters. The summed E-state index contributed by atoms with van der Waals surface area (Å²) in [4.78, 5) is 4.23.